The molecule has 5 heteroatoms. The molecule has 2 rings (SSSR count). The van der Waals surface area contributed by atoms with Crippen molar-refractivity contribution in [3.8, 4) is 0 Å². The lowest BCUT2D eigenvalue weighted by Gasteiger charge is -2.35. The van der Waals surface area contributed by atoms with Crippen LogP contribution in [0.3, 0.4) is 0 Å². The van der Waals surface area contributed by atoms with Gasteiger partial charge in [0.25, 0.3) is 5.91 Å². The number of morpholine rings is 1. The average Bonchev–Trinajstić information content (AvgIpc) is 2.71. The molecule has 80 valence electrons. The first kappa shape index (κ1) is 9.89. The number of carbonyl (C=O) groups excluding carboxylic acids is 1. The highest BCUT2D eigenvalue weighted by molar-refractivity contribution is 5.78. The van der Waals surface area contributed by atoms with E-state index in [1.54, 1.807) is 4.90 Å². The van der Waals surface area contributed by atoms with Crippen molar-refractivity contribution >= 4 is 5.91 Å². The molecule has 2 heterocycles. The van der Waals surface area contributed by atoms with Crippen LogP contribution in [0.15, 0.2) is 0 Å². The Morgan fingerprint density at radius 3 is 3.00 bits per heavy atom. The van der Waals surface area contributed by atoms with E-state index in [0.29, 0.717) is 13.1 Å². The summed E-state index contributed by atoms with van der Waals surface area (Å²) in [5, 5.41) is 0. The van der Waals surface area contributed by atoms with Crippen molar-refractivity contribution in [1.82, 2.24) is 4.90 Å². The number of amides is 1. The van der Waals surface area contributed by atoms with Gasteiger partial charge in [-0.3, -0.25) is 4.79 Å². The highest BCUT2D eigenvalue weighted by atomic mass is 16.5. The maximum atomic E-state index is 11.5. The van der Waals surface area contributed by atoms with Crippen LogP contribution in [0.25, 0.3) is 0 Å². The lowest BCUT2D eigenvalue weighted by molar-refractivity contribution is -0.163. The Labute approximate surface area is 83.1 Å². The van der Waals surface area contributed by atoms with Crippen LogP contribution < -0.4 is 5.73 Å². The summed E-state index contributed by atoms with van der Waals surface area (Å²) >= 11 is 0. The summed E-state index contributed by atoms with van der Waals surface area (Å²) in [4.78, 5) is 13.3. The summed E-state index contributed by atoms with van der Waals surface area (Å²) in [5.41, 5.74) is 5.51. The molecular weight excluding hydrogens is 184 g/mol. The molecule has 0 saturated carbocycles. The third kappa shape index (κ3) is 1.89. The van der Waals surface area contributed by atoms with Crippen LogP contribution in [0.4, 0.5) is 0 Å². The van der Waals surface area contributed by atoms with Gasteiger partial charge in [0.05, 0.1) is 12.6 Å². The third-order valence-corrected chi connectivity index (χ3v) is 2.68. The zero-order valence-electron chi connectivity index (χ0n) is 8.15. The van der Waals surface area contributed by atoms with Crippen LogP contribution in [0.5, 0.6) is 0 Å². The predicted molar refractivity (Wildman–Crippen MR) is 49.5 cm³/mol. The highest BCUT2D eigenvalue weighted by Crippen LogP contribution is 2.19. The minimum Gasteiger partial charge on any atom is -0.365 e. The Bertz CT molecular complexity index is 216. The summed E-state index contributed by atoms with van der Waals surface area (Å²) < 4.78 is 10.7. The van der Waals surface area contributed by atoms with Gasteiger partial charge in [0.2, 0.25) is 0 Å². The van der Waals surface area contributed by atoms with Crippen molar-refractivity contribution < 1.29 is 14.3 Å². The smallest absolute Gasteiger partial charge is 0.250 e. The number of hydrogen-bond donors (Lipinski definition) is 1. The summed E-state index contributed by atoms with van der Waals surface area (Å²) in [7, 11) is 0. The molecular formula is C9H16N2O3. The quantitative estimate of drug-likeness (QED) is 0.640. The maximum absolute atomic E-state index is 11.5. The molecule has 2 atom stereocenters. The standard InChI is InChI=1S/C9H16N2O3/c10-4-7-5-11(8(12)6-14-7)9-2-1-3-13-9/h7,9H,1-6,10H2. The van der Waals surface area contributed by atoms with Crippen LogP contribution in [0.2, 0.25) is 0 Å². The number of nitrogens with zero attached hydrogens (tertiary/aromatic N) is 1. The van der Waals surface area contributed by atoms with E-state index in [4.69, 9.17) is 15.2 Å². The van der Waals surface area contributed by atoms with Gasteiger partial charge in [0.15, 0.2) is 0 Å². The summed E-state index contributed by atoms with van der Waals surface area (Å²) in [6.45, 7) is 1.92. The van der Waals surface area contributed by atoms with Crippen molar-refractivity contribution in [3.63, 3.8) is 0 Å². The van der Waals surface area contributed by atoms with E-state index in [2.05, 4.69) is 0 Å². The lowest BCUT2D eigenvalue weighted by atomic mass is 10.2. The molecule has 5 nitrogen and oxygen atoms in total. The molecule has 0 aliphatic carbocycles. The van der Waals surface area contributed by atoms with E-state index in [1.807, 2.05) is 0 Å². The van der Waals surface area contributed by atoms with E-state index < -0.39 is 0 Å². The molecule has 0 aromatic heterocycles. The van der Waals surface area contributed by atoms with Crippen molar-refractivity contribution in [3.05, 3.63) is 0 Å². The van der Waals surface area contributed by atoms with Crippen LogP contribution in [-0.4, -0.2) is 49.4 Å². The van der Waals surface area contributed by atoms with Crippen molar-refractivity contribution in [1.29, 1.82) is 0 Å². The van der Waals surface area contributed by atoms with Gasteiger partial charge < -0.3 is 20.1 Å². The molecule has 1 amide bonds. The van der Waals surface area contributed by atoms with Crippen LogP contribution in [0, 0.1) is 0 Å². The second kappa shape index (κ2) is 4.25. The van der Waals surface area contributed by atoms with Gasteiger partial charge in [-0.2, -0.15) is 0 Å². The molecule has 2 aliphatic heterocycles. The van der Waals surface area contributed by atoms with Gasteiger partial charge in [-0.1, -0.05) is 0 Å². The van der Waals surface area contributed by atoms with E-state index in [1.165, 1.54) is 0 Å². The monoisotopic (exact) mass is 200 g/mol. The second-order valence-corrected chi connectivity index (χ2v) is 3.68. The number of hydrogen-bond acceptors (Lipinski definition) is 4. The molecule has 0 aromatic rings. The minimum atomic E-state index is -0.0413. The fraction of sp³-hybridized carbons (Fsp3) is 0.889. The van der Waals surface area contributed by atoms with Gasteiger partial charge in [-0.25, -0.2) is 0 Å². The van der Waals surface area contributed by atoms with Gasteiger partial charge in [-0.15, -0.1) is 0 Å². The molecule has 2 saturated heterocycles. The first-order chi connectivity index (χ1) is 6.81. The summed E-state index contributed by atoms with van der Waals surface area (Å²) in [6, 6.07) is 0. The number of ether oxygens (including phenoxy) is 2. The summed E-state index contributed by atoms with van der Waals surface area (Å²) in [6.07, 6.45) is 1.89. The van der Waals surface area contributed by atoms with E-state index in [0.717, 1.165) is 19.4 Å². The van der Waals surface area contributed by atoms with Crippen molar-refractivity contribution in [2.45, 2.75) is 25.2 Å². The zero-order valence-corrected chi connectivity index (χ0v) is 8.15. The Morgan fingerprint density at radius 2 is 2.36 bits per heavy atom. The zero-order chi connectivity index (χ0) is 9.97. The molecule has 0 aromatic carbocycles. The van der Waals surface area contributed by atoms with Crippen LogP contribution >= 0.6 is 0 Å². The van der Waals surface area contributed by atoms with Gasteiger partial charge >= 0.3 is 0 Å². The SMILES string of the molecule is NCC1CN(C2CCCO2)C(=O)CO1. The number of rotatable bonds is 2. The van der Waals surface area contributed by atoms with E-state index in [-0.39, 0.29) is 24.8 Å². The second-order valence-electron chi connectivity index (χ2n) is 3.68. The predicted octanol–water partition coefficient (Wildman–Crippen LogP) is -0.691. The van der Waals surface area contributed by atoms with E-state index >= 15 is 0 Å². The van der Waals surface area contributed by atoms with Gasteiger partial charge in [0.1, 0.15) is 12.8 Å². The van der Waals surface area contributed by atoms with Gasteiger partial charge in [-0.05, 0) is 12.8 Å². The fourth-order valence-electron chi connectivity index (χ4n) is 1.87. The Hall–Kier alpha value is -0.650. The number of nitrogens with two attached hydrogens (primary N) is 1. The summed E-state index contributed by atoms with van der Waals surface area (Å²) in [5.74, 6) is 0.0154. The van der Waals surface area contributed by atoms with Crippen LogP contribution in [0.1, 0.15) is 12.8 Å². The van der Waals surface area contributed by atoms with E-state index in [9.17, 15) is 4.79 Å². The number of carbonyl (C=O) groups is 1. The molecule has 0 radical (unpaired) electrons. The molecule has 2 aliphatic rings. The molecule has 2 N–H and O–H groups in total. The average molecular weight is 200 g/mol. The Kier molecular flexibility index (Phi) is 3.00. The first-order valence-corrected chi connectivity index (χ1v) is 5.04. The molecule has 0 spiro atoms. The fourth-order valence-corrected chi connectivity index (χ4v) is 1.87. The molecule has 2 fully saturated rings. The van der Waals surface area contributed by atoms with Crippen LogP contribution in [-0.2, 0) is 14.3 Å². The molecule has 14 heavy (non-hydrogen) atoms. The normalized spacial score (nSPS) is 33.8. The molecule has 0 bridgehead atoms. The lowest BCUT2D eigenvalue weighted by Crippen LogP contribution is -2.53. The van der Waals surface area contributed by atoms with Gasteiger partial charge in [0, 0.05) is 13.2 Å². The van der Waals surface area contributed by atoms with Crippen molar-refractivity contribution in [2.75, 3.05) is 26.3 Å². The molecule has 2 unspecified atom stereocenters. The third-order valence-electron chi connectivity index (χ3n) is 2.68. The largest absolute Gasteiger partial charge is 0.365 e. The Morgan fingerprint density at radius 1 is 1.50 bits per heavy atom. The first-order valence-electron chi connectivity index (χ1n) is 5.04. The Balaban J connectivity index is 1.96. The topological polar surface area (TPSA) is 64.8 Å². The maximum Gasteiger partial charge on any atom is 0.250 e. The highest BCUT2D eigenvalue weighted by Gasteiger charge is 2.33. The minimum absolute atomic E-state index is 0.0154. The van der Waals surface area contributed by atoms with Crippen molar-refractivity contribution in [2.24, 2.45) is 5.73 Å².